The van der Waals surface area contributed by atoms with Crippen LogP contribution < -0.4 is 0 Å². The van der Waals surface area contributed by atoms with E-state index in [9.17, 15) is 28.2 Å². The summed E-state index contributed by atoms with van der Waals surface area (Å²) in [7, 11) is 1.35. The van der Waals surface area contributed by atoms with Gasteiger partial charge in [0.1, 0.15) is 5.71 Å². The fourth-order valence-corrected chi connectivity index (χ4v) is 2.24. The molecular weight excluding hydrogens is 315 g/mol. The van der Waals surface area contributed by atoms with Crippen LogP contribution in [0, 0.1) is 5.41 Å². The second-order valence-corrected chi connectivity index (χ2v) is 4.72. The molecule has 0 saturated carbocycles. The van der Waals surface area contributed by atoms with Crippen molar-refractivity contribution in [1.29, 1.82) is 5.41 Å². The van der Waals surface area contributed by atoms with E-state index in [-0.39, 0.29) is 22.8 Å². The first-order valence-corrected chi connectivity index (χ1v) is 6.29. The highest BCUT2D eigenvalue weighted by Gasteiger charge is 2.40. The van der Waals surface area contributed by atoms with E-state index >= 15 is 0 Å². The van der Waals surface area contributed by atoms with Gasteiger partial charge < -0.3 is 10.2 Å². The van der Waals surface area contributed by atoms with Crippen molar-refractivity contribution in [3.8, 4) is 0 Å². The Balaban J connectivity index is 2.63. The summed E-state index contributed by atoms with van der Waals surface area (Å²) in [5.74, 6) is -3.54. The Hall–Kier alpha value is -2.84. The van der Waals surface area contributed by atoms with Gasteiger partial charge in [-0.2, -0.15) is 13.2 Å². The van der Waals surface area contributed by atoms with Gasteiger partial charge in [0.2, 0.25) is 5.76 Å². The summed E-state index contributed by atoms with van der Waals surface area (Å²) >= 11 is 0. The predicted molar refractivity (Wildman–Crippen MR) is 76.2 cm³/mol. The molecule has 23 heavy (non-hydrogen) atoms. The molecule has 0 amide bonds. The van der Waals surface area contributed by atoms with Gasteiger partial charge in [0.15, 0.2) is 17.4 Å². The van der Waals surface area contributed by atoms with E-state index in [1.165, 1.54) is 18.1 Å². The Kier molecular flexibility index (Phi) is 3.89. The maximum Gasteiger partial charge on any atom is 0.449 e. The molecule has 2 aliphatic heterocycles. The Morgan fingerprint density at radius 3 is 2.48 bits per heavy atom. The van der Waals surface area contributed by atoms with Crippen molar-refractivity contribution in [1.82, 2.24) is 4.90 Å². The molecule has 3 N–H and O–H groups in total. The number of nitrogens with one attached hydrogen (secondary N) is 1. The number of rotatable bonds is 2. The second kappa shape index (κ2) is 5.41. The van der Waals surface area contributed by atoms with Gasteiger partial charge in [-0.1, -0.05) is 0 Å². The quantitative estimate of drug-likeness (QED) is 0.536. The van der Waals surface area contributed by atoms with Crippen LogP contribution in [0.1, 0.15) is 6.92 Å². The zero-order valence-electron chi connectivity index (χ0n) is 12.1. The average Bonchev–Trinajstić information content (AvgIpc) is 2.69. The second-order valence-electron chi connectivity index (χ2n) is 4.72. The SMILES string of the molecule is CN=C1C(=N)N2C=CC(C(C(C)=O)=C(O)C(F)(F)F)=CC2=C1O. The van der Waals surface area contributed by atoms with Gasteiger partial charge in [0.25, 0.3) is 0 Å². The Labute approximate surface area is 128 Å². The minimum atomic E-state index is -5.08. The Bertz CT molecular complexity index is 755. The van der Waals surface area contributed by atoms with Crippen LogP contribution >= 0.6 is 0 Å². The number of fused-ring (bicyclic) bond motifs is 1. The highest BCUT2D eigenvalue weighted by atomic mass is 19.4. The number of carbonyl (C=O) groups is 1. The number of aliphatic hydroxyl groups is 2. The molecule has 0 radical (unpaired) electrons. The van der Waals surface area contributed by atoms with Crippen LogP contribution in [0.5, 0.6) is 0 Å². The fraction of sp³-hybridized carbons (Fsp3) is 0.214. The topological polar surface area (TPSA) is 97.0 Å². The van der Waals surface area contributed by atoms with E-state index in [4.69, 9.17) is 5.41 Å². The van der Waals surface area contributed by atoms with Gasteiger partial charge in [-0.25, -0.2) is 0 Å². The molecule has 0 unspecified atom stereocenters. The van der Waals surface area contributed by atoms with Gasteiger partial charge in [0, 0.05) is 13.2 Å². The van der Waals surface area contributed by atoms with E-state index in [1.54, 1.807) is 0 Å². The number of amidine groups is 1. The monoisotopic (exact) mass is 327 g/mol. The molecule has 0 aromatic carbocycles. The van der Waals surface area contributed by atoms with E-state index < -0.39 is 29.1 Å². The summed E-state index contributed by atoms with van der Waals surface area (Å²) in [5.41, 5.74) is -1.17. The lowest BCUT2D eigenvalue weighted by atomic mass is 9.97. The number of aliphatic hydroxyl groups excluding tert-OH is 2. The summed E-state index contributed by atoms with van der Waals surface area (Å²) in [4.78, 5) is 16.5. The third-order valence-corrected chi connectivity index (χ3v) is 3.26. The number of Topliss-reactive ketones (excluding diaryl/α,β-unsaturated/α-hetero) is 1. The molecule has 9 heteroatoms. The molecule has 0 aromatic rings. The number of hydrogen-bond donors (Lipinski definition) is 3. The number of nitrogens with zero attached hydrogens (tertiary/aromatic N) is 2. The molecule has 0 atom stereocenters. The molecule has 122 valence electrons. The molecule has 6 nitrogen and oxygen atoms in total. The summed E-state index contributed by atoms with van der Waals surface area (Å²) in [6.45, 7) is 0.891. The van der Waals surface area contributed by atoms with Gasteiger partial charge in [-0.3, -0.25) is 20.1 Å². The molecule has 0 aliphatic carbocycles. The zero-order valence-corrected chi connectivity index (χ0v) is 12.1. The number of allylic oxidation sites excluding steroid dienone is 5. The van der Waals surface area contributed by atoms with Gasteiger partial charge >= 0.3 is 6.18 Å². The van der Waals surface area contributed by atoms with E-state index in [0.29, 0.717) is 0 Å². The van der Waals surface area contributed by atoms with Crippen molar-refractivity contribution >= 4 is 17.3 Å². The minimum absolute atomic E-state index is 0.00169. The summed E-state index contributed by atoms with van der Waals surface area (Å²) < 4.78 is 38.1. The standard InChI is InChI=1S/C14H12F3N3O3/c1-6(21)9(12(23)14(15,16)17)7-3-4-20-8(5-7)11(22)10(19-2)13(20)18/h3-5,18,22-23H,1-2H3. The van der Waals surface area contributed by atoms with Gasteiger partial charge in [-0.05, 0) is 24.6 Å². The lowest BCUT2D eigenvalue weighted by Gasteiger charge is -2.21. The van der Waals surface area contributed by atoms with Crippen molar-refractivity contribution in [3.63, 3.8) is 0 Å². The molecule has 0 spiro atoms. The fourth-order valence-electron chi connectivity index (χ4n) is 2.24. The van der Waals surface area contributed by atoms with E-state index in [1.807, 2.05) is 0 Å². The molecule has 0 saturated heterocycles. The first-order chi connectivity index (χ1) is 10.6. The smallest absolute Gasteiger partial charge is 0.449 e. The lowest BCUT2D eigenvalue weighted by Crippen LogP contribution is -2.25. The van der Waals surface area contributed by atoms with Crippen LogP contribution in [0.4, 0.5) is 13.2 Å². The maximum atomic E-state index is 12.7. The van der Waals surface area contributed by atoms with Crippen molar-refractivity contribution in [3.05, 3.63) is 46.7 Å². The van der Waals surface area contributed by atoms with Crippen molar-refractivity contribution < 1.29 is 28.2 Å². The zero-order chi connectivity index (χ0) is 17.5. The van der Waals surface area contributed by atoms with Crippen LogP contribution in [-0.4, -0.2) is 45.7 Å². The van der Waals surface area contributed by atoms with Crippen molar-refractivity contribution in [2.45, 2.75) is 13.1 Å². The number of carbonyl (C=O) groups excluding carboxylic acids is 1. The normalized spacial score (nSPS) is 20.7. The Morgan fingerprint density at radius 2 is 2.00 bits per heavy atom. The van der Waals surface area contributed by atoms with Crippen LogP contribution in [0.15, 0.2) is 51.7 Å². The largest absolute Gasteiger partial charge is 0.504 e. The molecule has 2 heterocycles. The number of aliphatic imine (C=N–C) groups is 1. The van der Waals surface area contributed by atoms with Gasteiger partial charge in [0.05, 0.1) is 11.3 Å². The van der Waals surface area contributed by atoms with Crippen molar-refractivity contribution in [2.75, 3.05) is 7.05 Å². The van der Waals surface area contributed by atoms with E-state index in [2.05, 4.69) is 4.99 Å². The number of hydrogen-bond acceptors (Lipinski definition) is 5. The molecule has 0 fully saturated rings. The molecule has 0 aromatic heterocycles. The average molecular weight is 327 g/mol. The first-order valence-electron chi connectivity index (χ1n) is 6.29. The first kappa shape index (κ1) is 16.5. The Morgan fingerprint density at radius 1 is 1.39 bits per heavy atom. The van der Waals surface area contributed by atoms with Crippen molar-refractivity contribution in [2.24, 2.45) is 4.99 Å². The highest BCUT2D eigenvalue weighted by molar-refractivity contribution is 6.48. The summed E-state index contributed by atoms with van der Waals surface area (Å²) in [6.07, 6.45) is -1.64. The third-order valence-electron chi connectivity index (χ3n) is 3.26. The van der Waals surface area contributed by atoms with Crippen LogP contribution in [0.3, 0.4) is 0 Å². The maximum absolute atomic E-state index is 12.7. The summed E-state index contributed by atoms with van der Waals surface area (Å²) in [5, 5.41) is 27.1. The predicted octanol–water partition coefficient (Wildman–Crippen LogP) is 2.54. The number of ketones is 1. The van der Waals surface area contributed by atoms with Crippen LogP contribution in [0.25, 0.3) is 0 Å². The van der Waals surface area contributed by atoms with Crippen LogP contribution in [-0.2, 0) is 4.79 Å². The number of alkyl halides is 3. The molecule has 2 rings (SSSR count). The molecular formula is C14H12F3N3O3. The van der Waals surface area contributed by atoms with Gasteiger partial charge in [-0.15, -0.1) is 0 Å². The highest BCUT2D eigenvalue weighted by Crippen LogP contribution is 2.34. The van der Waals surface area contributed by atoms with E-state index in [0.717, 1.165) is 19.1 Å². The third kappa shape index (κ3) is 2.65. The lowest BCUT2D eigenvalue weighted by molar-refractivity contribution is -0.126. The summed E-state index contributed by atoms with van der Waals surface area (Å²) in [6, 6.07) is 0. The van der Waals surface area contributed by atoms with Crippen LogP contribution in [0.2, 0.25) is 0 Å². The minimum Gasteiger partial charge on any atom is -0.504 e. The number of halogens is 3. The molecule has 0 bridgehead atoms. The molecule has 2 aliphatic rings.